The van der Waals surface area contributed by atoms with Crippen molar-refractivity contribution in [2.24, 2.45) is 0 Å². The van der Waals surface area contributed by atoms with Crippen molar-refractivity contribution in [2.45, 2.75) is 50.1 Å². The summed E-state index contributed by atoms with van der Waals surface area (Å²) in [4.78, 5) is 18.0. The smallest absolute Gasteiger partial charge is 0.395 e. The summed E-state index contributed by atoms with van der Waals surface area (Å²) in [6.45, 7) is 2.58. The molecule has 3 heterocycles. The van der Waals surface area contributed by atoms with E-state index in [1.807, 2.05) is 4.57 Å². The summed E-state index contributed by atoms with van der Waals surface area (Å²) in [5.41, 5.74) is 2.92. The number of sulfone groups is 1. The van der Waals surface area contributed by atoms with Crippen LogP contribution >= 0.6 is 0 Å². The molecule has 0 saturated carbocycles. The van der Waals surface area contributed by atoms with Gasteiger partial charge in [0.25, 0.3) is 5.91 Å². The fourth-order valence-electron chi connectivity index (χ4n) is 5.07. The largest absolute Gasteiger partial charge is 0.586 e. The second kappa shape index (κ2) is 10.4. The van der Waals surface area contributed by atoms with Gasteiger partial charge in [0.2, 0.25) is 0 Å². The summed E-state index contributed by atoms with van der Waals surface area (Å²) in [7, 11) is -3.30. The monoisotopic (exact) mass is 583 g/mol. The fraction of sp³-hybridized carbons (Fsp3) is 0.310. The number of para-hydroxylation sites is 1. The Bertz CT molecular complexity index is 1730. The normalized spacial score (nSPS) is 17.7. The predicted molar refractivity (Wildman–Crippen MR) is 145 cm³/mol. The van der Waals surface area contributed by atoms with Crippen molar-refractivity contribution in [3.8, 4) is 11.5 Å². The van der Waals surface area contributed by atoms with Crippen LogP contribution in [0.3, 0.4) is 0 Å². The molecule has 1 N–H and O–H groups in total. The van der Waals surface area contributed by atoms with E-state index in [1.54, 1.807) is 49.4 Å². The van der Waals surface area contributed by atoms with Crippen molar-refractivity contribution in [1.82, 2.24) is 14.9 Å². The standard InChI is InChI=1S/C29H27F2N3O6S/c1-2-41(36,37)21-11-8-18(9-12-21)16-32-28(35)19-10-13-23-22(15-19)33-27(25-7-4-14-38-25)34(23)17-20-5-3-6-24-26(20)40-29(30,31)39-24/h3,5-6,8-13,15,25H,2,4,7,14,16-17H2,1H3,(H,32,35). The lowest BCUT2D eigenvalue weighted by atomic mass is 10.1. The summed E-state index contributed by atoms with van der Waals surface area (Å²) in [5.74, 6) is 0.284. The first-order chi connectivity index (χ1) is 19.6. The molecule has 1 fully saturated rings. The summed E-state index contributed by atoms with van der Waals surface area (Å²) < 4.78 is 68.9. The van der Waals surface area contributed by atoms with Crippen LogP contribution in [0.5, 0.6) is 11.5 Å². The Kier molecular flexibility index (Phi) is 6.90. The molecule has 6 rings (SSSR count). The number of carbonyl (C=O) groups is 1. The fourth-order valence-corrected chi connectivity index (χ4v) is 5.95. The first-order valence-electron chi connectivity index (χ1n) is 13.2. The molecule has 2 aliphatic rings. The Morgan fingerprint density at radius 2 is 1.93 bits per heavy atom. The van der Waals surface area contributed by atoms with Gasteiger partial charge in [-0.3, -0.25) is 4.79 Å². The highest BCUT2D eigenvalue weighted by Gasteiger charge is 2.44. The van der Waals surface area contributed by atoms with Crippen molar-refractivity contribution in [2.75, 3.05) is 12.4 Å². The third kappa shape index (κ3) is 5.36. The lowest BCUT2D eigenvalue weighted by molar-refractivity contribution is -0.286. The van der Waals surface area contributed by atoms with E-state index < -0.39 is 16.1 Å². The second-order valence-electron chi connectivity index (χ2n) is 9.90. The Labute approximate surface area is 235 Å². The van der Waals surface area contributed by atoms with Crippen LogP contribution in [-0.4, -0.2) is 42.5 Å². The molecule has 1 amide bonds. The lowest BCUT2D eigenvalue weighted by Gasteiger charge is -2.15. The molecule has 0 bridgehead atoms. The van der Waals surface area contributed by atoms with Gasteiger partial charge in [-0.25, -0.2) is 13.4 Å². The summed E-state index contributed by atoms with van der Waals surface area (Å²) >= 11 is 0. The Morgan fingerprint density at radius 1 is 1.12 bits per heavy atom. The van der Waals surface area contributed by atoms with Crippen LogP contribution in [0.1, 0.15) is 53.2 Å². The second-order valence-corrected chi connectivity index (χ2v) is 12.2. The summed E-state index contributed by atoms with van der Waals surface area (Å²) in [6.07, 6.45) is -2.37. The minimum atomic E-state index is -3.73. The van der Waals surface area contributed by atoms with Crippen molar-refractivity contribution in [3.05, 3.63) is 83.2 Å². The highest BCUT2D eigenvalue weighted by Crippen LogP contribution is 2.44. The number of carbonyl (C=O) groups excluding carboxylic acids is 1. The van der Waals surface area contributed by atoms with Gasteiger partial charge in [-0.15, -0.1) is 8.78 Å². The van der Waals surface area contributed by atoms with Crippen molar-refractivity contribution < 1.29 is 36.2 Å². The van der Waals surface area contributed by atoms with E-state index in [1.165, 1.54) is 18.2 Å². The van der Waals surface area contributed by atoms with E-state index in [0.29, 0.717) is 34.6 Å². The van der Waals surface area contributed by atoms with Gasteiger partial charge in [-0.1, -0.05) is 31.2 Å². The van der Waals surface area contributed by atoms with Crippen LogP contribution in [-0.2, 0) is 27.7 Å². The number of amides is 1. The zero-order valence-corrected chi connectivity index (χ0v) is 22.9. The molecule has 1 unspecified atom stereocenters. The number of hydrogen-bond acceptors (Lipinski definition) is 7. The van der Waals surface area contributed by atoms with Gasteiger partial charge in [0.05, 0.1) is 28.2 Å². The number of fused-ring (bicyclic) bond motifs is 2. The molecule has 1 saturated heterocycles. The SMILES string of the molecule is CCS(=O)(=O)c1ccc(CNC(=O)c2ccc3c(c2)nc(C2CCCO2)n3Cc2cccc3c2OC(F)(F)O3)cc1. The number of nitrogens with one attached hydrogen (secondary N) is 1. The van der Waals surface area contributed by atoms with Crippen LogP contribution in [0.2, 0.25) is 0 Å². The number of aromatic nitrogens is 2. The van der Waals surface area contributed by atoms with Gasteiger partial charge in [-0.05, 0) is 54.8 Å². The minimum absolute atomic E-state index is 0.0155. The molecule has 0 spiro atoms. The Balaban J connectivity index is 1.26. The highest BCUT2D eigenvalue weighted by molar-refractivity contribution is 7.91. The number of hydrogen-bond donors (Lipinski definition) is 1. The highest BCUT2D eigenvalue weighted by atomic mass is 32.2. The maximum absolute atomic E-state index is 13.8. The molecule has 1 atom stereocenters. The first kappa shape index (κ1) is 27.2. The molecule has 9 nitrogen and oxygen atoms in total. The number of nitrogens with zero attached hydrogens (tertiary/aromatic N) is 2. The van der Waals surface area contributed by atoms with E-state index in [-0.39, 0.29) is 47.2 Å². The molecule has 3 aromatic carbocycles. The molecule has 12 heteroatoms. The van der Waals surface area contributed by atoms with E-state index >= 15 is 0 Å². The maximum Gasteiger partial charge on any atom is 0.586 e. The molecule has 0 aliphatic carbocycles. The number of benzene rings is 3. The molecule has 0 radical (unpaired) electrons. The van der Waals surface area contributed by atoms with Crippen molar-refractivity contribution in [3.63, 3.8) is 0 Å². The lowest BCUT2D eigenvalue weighted by Crippen LogP contribution is -2.26. The quantitative estimate of drug-likeness (QED) is 0.312. The average Bonchev–Trinajstić information content (AvgIpc) is 3.69. The summed E-state index contributed by atoms with van der Waals surface area (Å²) in [6, 6.07) is 16.3. The van der Waals surface area contributed by atoms with E-state index in [4.69, 9.17) is 14.5 Å². The van der Waals surface area contributed by atoms with Crippen molar-refractivity contribution in [1.29, 1.82) is 0 Å². The zero-order valence-electron chi connectivity index (χ0n) is 22.1. The van der Waals surface area contributed by atoms with Crippen LogP contribution in [0.4, 0.5) is 8.78 Å². The average molecular weight is 584 g/mol. The molecule has 1 aromatic heterocycles. The summed E-state index contributed by atoms with van der Waals surface area (Å²) in [5, 5.41) is 2.86. The molecule has 41 heavy (non-hydrogen) atoms. The van der Waals surface area contributed by atoms with Crippen LogP contribution < -0.4 is 14.8 Å². The van der Waals surface area contributed by atoms with Crippen LogP contribution in [0.25, 0.3) is 11.0 Å². The van der Waals surface area contributed by atoms with Gasteiger partial charge in [0.15, 0.2) is 21.3 Å². The number of halogens is 2. The zero-order chi connectivity index (χ0) is 28.8. The third-order valence-corrected chi connectivity index (χ3v) is 8.96. The minimum Gasteiger partial charge on any atom is -0.395 e. The molecule has 2 aliphatic heterocycles. The van der Waals surface area contributed by atoms with Gasteiger partial charge in [-0.2, -0.15) is 0 Å². The molecule has 4 aromatic rings. The molecular formula is C29H27F2N3O6S. The van der Waals surface area contributed by atoms with Gasteiger partial charge >= 0.3 is 6.29 Å². The van der Waals surface area contributed by atoms with Gasteiger partial charge in [0, 0.05) is 24.3 Å². The predicted octanol–water partition coefficient (Wildman–Crippen LogP) is 4.98. The number of ether oxygens (including phenoxy) is 3. The van der Waals surface area contributed by atoms with Gasteiger partial charge in [0.1, 0.15) is 11.9 Å². The van der Waals surface area contributed by atoms with Gasteiger partial charge < -0.3 is 24.1 Å². The topological polar surface area (TPSA) is 109 Å². The van der Waals surface area contributed by atoms with E-state index in [9.17, 15) is 22.0 Å². The third-order valence-electron chi connectivity index (χ3n) is 7.21. The van der Waals surface area contributed by atoms with Crippen LogP contribution in [0.15, 0.2) is 65.6 Å². The van der Waals surface area contributed by atoms with E-state index in [2.05, 4.69) is 10.1 Å². The Morgan fingerprint density at radius 3 is 2.66 bits per heavy atom. The molecule has 214 valence electrons. The molecular weight excluding hydrogens is 556 g/mol. The Hall–Kier alpha value is -4.03. The van der Waals surface area contributed by atoms with E-state index in [0.717, 1.165) is 18.4 Å². The maximum atomic E-state index is 13.8. The number of imidazole rings is 1. The first-order valence-corrected chi connectivity index (χ1v) is 14.9. The number of alkyl halides is 2. The van der Waals surface area contributed by atoms with Crippen LogP contribution in [0, 0.1) is 0 Å². The number of rotatable bonds is 8. The van der Waals surface area contributed by atoms with Crippen molar-refractivity contribution >= 4 is 26.8 Å².